The standard InChI is InChI=1S/C22H26BrN5O3/c1-15(16-6-4-3-5-7-16)12-17(29)27-10-8-22(31,9-11-27)13-28-14-24-19-18(20(28)30)25-21(23)26(19)2/h3-7,14-15,31H,8-13H2,1-2H3. The number of aliphatic hydroxyl groups is 1. The van der Waals surface area contributed by atoms with Crippen LogP contribution in [0.4, 0.5) is 0 Å². The van der Waals surface area contributed by atoms with Crippen LogP contribution in [0.1, 0.15) is 37.7 Å². The molecule has 0 radical (unpaired) electrons. The van der Waals surface area contributed by atoms with E-state index in [1.807, 2.05) is 35.2 Å². The molecule has 1 aliphatic rings. The number of amides is 1. The SMILES string of the molecule is CC(CC(=O)N1CCC(O)(Cn2cnc3c(nc(Br)n3C)c2=O)CC1)c1ccccc1. The predicted molar refractivity (Wildman–Crippen MR) is 121 cm³/mol. The van der Waals surface area contributed by atoms with E-state index in [1.54, 1.807) is 11.6 Å². The third-order valence-electron chi connectivity index (χ3n) is 6.15. The number of carbonyl (C=O) groups is 1. The molecule has 3 heterocycles. The first-order valence-corrected chi connectivity index (χ1v) is 11.2. The smallest absolute Gasteiger partial charge is 0.281 e. The first kappa shape index (κ1) is 21.7. The van der Waals surface area contributed by atoms with Gasteiger partial charge in [0.2, 0.25) is 5.91 Å². The Hall–Kier alpha value is -2.52. The van der Waals surface area contributed by atoms with Gasteiger partial charge in [-0.3, -0.25) is 14.2 Å². The van der Waals surface area contributed by atoms with E-state index in [0.29, 0.717) is 42.7 Å². The van der Waals surface area contributed by atoms with Gasteiger partial charge in [0.25, 0.3) is 5.56 Å². The van der Waals surface area contributed by atoms with E-state index in [0.717, 1.165) is 5.56 Å². The van der Waals surface area contributed by atoms with E-state index >= 15 is 0 Å². The first-order valence-electron chi connectivity index (χ1n) is 10.4. The summed E-state index contributed by atoms with van der Waals surface area (Å²) in [4.78, 5) is 35.9. The molecule has 0 bridgehead atoms. The number of aromatic nitrogens is 4. The van der Waals surface area contributed by atoms with Crippen molar-refractivity contribution in [2.24, 2.45) is 7.05 Å². The van der Waals surface area contributed by atoms with Crippen molar-refractivity contribution in [2.75, 3.05) is 13.1 Å². The minimum absolute atomic E-state index is 0.0944. The molecule has 1 N–H and O–H groups in total. The third-order valence-corrected chi connectivity index (χ3v) is 6.86. The zero-order valence-electron chi connectivity index (χ0n) is 17.7. The molecule has 8 nitrogen and oxygen atoms in total. The van der Waals surface area contributed by atoms with Crippen molar-refractivity contribution in [1.82, 2.24) is 24.0 Å². The van der Waals surface area contributed by atoms with Gasteiger partial charge in [-0.05, 0) is 40.3 Å². The van der Waals surface area contributed by atoms with Crippen molar-refractivity contribution in [3.05, 3.63) is 57.3 Å². The number of halogens is 1. The second kappa shape index (κ2) is 8.55. The average Bonchev–Trinajstić information content (AvgIpc) is 3.05. The van der Waals surface area contributed by atoms with Crippen LogP contribution in [-0.2, 0) is 18.4 Å². The third kappa shape index (κ3) is 4.43. The predicted octanol–water partition coefficient (Wildman–Crippen LogP) is 2.44. The summed E-state index contributed by atoms with van der Waals surface area (Å²) in [5, 5.41) is 11.1. The van der Waals surface area contributed by atoms with Crippen LogP contribution in [0.25, 0.3) is 11.2 Å². The minimum Gasteiger partial charge on any atom is -0.388 e. The molecule has 4 rings (SSSR count). The Bertz CT molecular complexity index is 1150. The van der Waals surface area contributed by atoms with Crippen LogP contribution >= 0.6 is 15.9 Å². The van der Waals surface area contributed by atoms with Crippen LogP contribution in [0.3, 0.4) is 0 Å². The highest BCUT2D eigenvalue weighted by atomic mass is 79.9. The van der Waals surface area contributed by atoms with Crippen LogP contribution in [0.15, 0.2) is 46.2 Å². The number of likely N-dealkylation sites (tertiary alicyclic amines) is 1. The van der Waals surface area contributed by atoms with Crippen LogP contribution in [0.2, 0.25) is 0 Å². The van der Waals surface area contributed by atoms with Gasteiger partial charge in [0.05, 0.1) is 12.1 Å². The molecule has 3 aromatic rings. The van der Waals surface area contributed by atoms with Crippen molar-refractivity contribution >= 4 is 33.0 Å². The van der Waals surface area contributed by atoms with E-state index in [9.17, 15) is 14.7 Å². The summed E-state index contributed by atoms with van der Waals surface area (Å²) in [6.07, 6.45) is 2.72. The van der Waals surface area contributed by atoms with E-state index in [2.05, 4.69) is 32.8 Å². The maximum atomic E-state index is 12.8. The summed E-state index contributed by atoms with van der Waals surface area (Å²) >= 11 is 3.31. The number of imidazole rings is 1. The fourth-order valence-electron chi connectivity index (χ4n) is 4.12. The van der Waals surface area contributed by atoms with Gasteiger partial charge in [0.15, 0.2) is 15.9 Å². The lowest BCUT2D eigenvalue weighted by Crippen LogP contribution is -2.49. The Labute approximate surface area is 188 Å². The molecule has 1 unspecified atom stereocenters. The Kier molecular flexibility index (Phi) is 5.98. The largest absolute Gasteiger partial charge is 0.388 e. The second-order valence-corrected chi connectivity index (χ2v) is 9.12. The molecule has 1 aromatic carbocycles. The Morgan fingerprint density at radius 3 is 2.61 bits per heavy atom. The van der Waals surface area contributed by atoms with E-state index in [-0.39, 0.29) is 29.4 Å². The lowest BCUT2D eigenvalue weighted by molar-refractivity contribution is -0.136. The minimum atomic E-state index is -1.06. The van der Waals surface area contributed by atoms with Crippen molar-refractivity contribution in [1.29, 1.82) is 0 Å². The van der Waals surface area contributed by atoms with Crippen LogP contribution in [-0.4, -0.2) is 53.7 Å². The zero-order valence-corrected chi connectivity index (χ0v) is 19.2. The highest BCUT2D eigenvalue weighted by Gasteiger charge is 2.35. The summed E-state index contributed by atoms with van der Waals surface area (Å²) in [5.74, 6) is 0.237. The van der Waals surface area contributed by atoms with Crippen LogP contribution in [0.5, 0.6) is 0 Å². The molecular formula is C22H26BrN5O3. The van der Waals surface area contributed by atoms with Crippen molar-refractivity contribution in [2.45, 2.75) is 44.2 Å². The number of rotatable bonds is 5. The Morgan fingerprint density at radius 1 is 1.26 bits per heavy atom. The van der Waals surface area contributed by atoms with E-state index in [1.165, 1.54) is 10.9 Å². The molecule has 0 spiro atoms. The highest BCUT2D eigenvalue weighted by molar-refractivity contribution is 9.10. The number of aryl methyl sites for hydroxylation is 1. The molecule has 1 fully saturated rings. The number of benzene rings is 1. The highest BCUT2D eigenvalue weighted by Crippen LogP contribution is 2.26. The van der Waals surface area contributed by atoms with E-state index < -0.39 is 5.60 Å². The van der Waals surface area contributed by atoms with Crippen LogP contribution in [0, 0.1) is 0 Å². The zero-order chi connectivity index (χ0) is 22.2. The topological polar surface area (TPSA) is 93.2 Å². The summed E-state index contributed by atoms with van der Waals surface area (Å²) < 4.78 is 3.63. The summed E-state index contributed by atoms with van der Waals surface area (Å²) in [6, 6.07) is 10.0. The summed E-state index contributed by atoms with van der Waals surface area (Å²) in [6.45, 7) is 3.12. The van der Waals surface area contributed by atoms with Gasteiger partial charge in [-0.2, -0.15) is 0 Å². The maximum Gasteiger partial charge on any atom is 0.281 e. The molecule has 1 aliphatic heterocycles. The number of hydrogen-bond acceptors (Lipinski definition) is 5. The number of fused-ring (bicyclic) bond motifs is 1. The molecule has 164 valence electrons. The van der Waals surface area contributed by atoms with E-state index in [4.69, 9.17) is 0 Å². The summed E-state index contributed by atoms with van der Waals surface area (Å²) in [5.41, 5.74) is 0.561. The van der Waals surface area contributed by atoms with Gasteiger partial charge in [-0.25, -0.2) is 9.97 Å². The quantitative estimate of drug-likeness (QED) is 0.557. The summed E-state index contributed by atoms with van der Waals surface area (Å²) in [7, 11) is 1.77. The molecule has 0 saturated carbocycles. The van der Waals surface area contributed by atoms with Crippen molar-refractivity contribution in [3.63, 3.8) is 0 Å². The van der Waals surface area contributed by atoms with Gasteiger partial charge in [0, 0.05) is 26.6 Å². The number of carbonyl (C=O) groups excluding carboxylic acids is 1. The monoisotopic (exact) mass is 487 g/mol. The fourth-order valence-corrected chi connectivity index (χ4v) is 4.46. The number of nitrogens with zero attached hydrogens (tertiary/aromatic N) is 5. The lowest BCUT2D eigenvalue weighted by atomic mass is 9.90. The van der Waals surface area contributed by atoms with Gasteiger partial charge in [-0.1, -0.05) is 37.3 Å². The number of hydrogen-bond donors (Lipinski definition) is 1. The Balaban J connectivity index is 1.40. The number of piperidine rings is 1. The molecular weight excluding hydrogens is 462 g/mol. The molecule has 31 heavy (non-hydrogen) atoms. The fraction of sp³-hybridized carbons (Fsp3) is 0.455. The van der Waals surface area contributed by atoms with Crippen LogP contribution < -0.4 is 5.56 Å². The van der Waals surface area contributed by atoms with Gasteiger partial charge in [0.1, 0.15) is 6.33 Å². The van der Waals surface area contributed by atoms with Crippen molar-refractivity contribution < 1.29 is 9.90 Å². The van der Waals surface area contributed by atoms with Gasteiger partial charge < -0.3 is 14.6 Å². The molecule has 9 heteroatoms. The maximum absolute atomic E-state index is 12.8. The molecule has 1 saturated heterocycles. The normalized spacial score (nSPS) is 17.1. The molecule has 1 atom stereocenters. The van der Waals surface area contributed by atoms with Gasteiger partial charge >= 0.3 is 0 Å². The molecule has 0 aliphatic carbocycles. The molecule has 1 amide bonds. The lowest BCUT2D eigenvalue weighted by Gasteiger charge is -2.38. The van der Waals surface area contributed by atoms with Gasteiger partial charge in [-0.15, -0.1) is 0 Å². The second-order valence-electron chi connectivity index (χ2n) is 8.41. The average molecular weight is 488 g/mol. The van der Waals surface area contributed by atoms with Crippen molar-refractivity contribution in [3.8, 4) is 0 Å². The Morgan fingerprint density at radius 2 is 1.94 bits per heavy atom. The first-order chi connectivity index (χ1) is 14.8. The molecule has 2 aromatic heterocycles.